The SMILES string of the molecule is CN(CC1COc2ccccc2O1)C(=O)CNC(=O)c1sc2ccccc2c1Cl. The highest BCUT2D eigenvalue weighted by atomic mass is 35.5. The molecule has 29 heavy (non-hydrogen) atoms. The van der Waals surface area contributed by atoms with Crippen LogP contribution in [0.2, 0.25) is 5.02 Å². The summed E-state index contributed by atoms with van der Waals surface area (Å²) in [6.07, 6.45) is -0.272. The molecule has 0 saturated heterocycles. The summed E-state index contributed by atoms with van der Waals surface area (Å²) in [5, 5.41) is 3.91. The number of fused-ring (bicyclic) bond motifs is 2. The number of benzene rings is 2. The second kappa shape index (κ2) is 8.31. The maximum Gasteiger partial charge on any atom is 0.263 e. The van der Waals surface area contributed by atoms with Crippen LogP contribution < -0.4 is 14.8 Å². The molecule has 1 unspecified atom stereocenters. The van der Waals surface area contributed by atoms with Crippen molar-refractivity contribution in [1.82, 2.24) is 10.2 Å². The van der Waals surface area contributed by atoms with E-state index in [1.54, 1.807) is 7.05 Å². The quantitative estimate of drug-likeness (QED) is 0.671. The van der Waals surface area contributed by atoms with Crippen molar-refractivity contribution in [3.63, 3.8) is 0 Å². The van der Waals surface area contributed by atoms with Gasteiger partial charge in [0.15, 0.2) is 17.6 Å². The molecule has 2 heterocycles. The van der Waals surface area contributed by atoms with Gasteiger partial charge in [-0.15, -0.1) is 11.3 Å². The summed E-state index contributed by atoms with van der Waals surface area (Å²) in [7, 11) is 1.67. The molecule has 1 aliphatic heterocycles. The molecule has 0 aliphatic carbocycles. The van der Waals surface area contributed by atoms with Crippen molar-refractivity contribution in [3.05, 3.63) is 58.4 Å². The molecule has 6 nitrogen and oxygen atoms in total. The monoisotopic (exact) mass is 430 g/mol. The van der Waals surface area contributed by atoms with Crippen LogP contribution >= 0.6 is 22.9 Å². The predicted octanol–water partition coefficient (Wildman–Crippen LogP) is 3.58. The number of hydrogen-bond acceptors (Lipinski definition) is 5. The topological polar surface area (TPSA) is 67.9 Å². The van der Waals surface area contributed by atoms with Crippen molar-refractivity contribution in [2.24, 2.45) is 0 Å². The number of nitrogens with zero attached hydrogens (tertiary/aromatic N) is 1. The average Bonchev–Trinajstić information content (AvgIpc) is 3.08. The van der Waals surface area contributed by atoms with E-state index in [0.717, 1.165) is 10.1 Å². The number of likely N-dealkylation sites (N-methyl/N-ethyl adjacent to an activating group) is 1. The van der Waals surface area contributed by atoms with Crippen LogP contribution in [-0.4, -0.2) is 49.6 Å². The van der Waals surface area contributed by atoms with E-state index in [0.29, 0.717) is 34.6 Å². The van der Waals surface area contributed by atoms with E-state index in [9.17, 15) is 9.59 Å². The summed E-state index contributed by atoms with van der Waals surface area (Å²) < 4.78 is 12.5. The molecule has 1 aromatic heterocycles. The average molecular weight is 431 g/mol. The third-order valence-electron chi connectivity index (χ3n) is 4.61. The van der Waals surface area contributed by atoms with E-state index in [-0.39, 0.29) is 24.5 Å². The Morgan fingerprint density at radius 2 is 1.90 bits per heavy atom. The van der Waals surface area contributed by atoms with Gasteiger partial charge in [-0.3, -0.25) is 9.59 Å². The highest BCUT2D eigenvalue weighted by Gasteiger charge is 2.24. The third kappa shape index (κ3) is 4.16. The summed E-state index contributed by atoms with van der Waals surface area (Å²) in [6.45, 7) is 0.592. The second-order valence-electron chi connectivity index (χ2n) is 6.70. The lowest BCUT2D eigenvalue weighted by atomic mass is 10.2. The zero-order chi connectivity index (χ0) is 20.4. The molecule has 1 aliphatic rings. The van der Waals surface area contributed by atoms with Crippen molar-refractivity contribution in [2.45, 2.75) is 6.10 Å². The number of carbonyl (C=O) groups is 2. The first-order chi connectivity index (χ1) is 14.0. The molecular weight excluding hydrogens is 412 g/mol. The first kappa shape index (κ1) is 19.5. The van der Waals surface area contributed by atoms with E-state index in [2.05, 4.69) is 5.32 Å². The molecule has 2 aromatic carbocycles. The fraction of sp³-hybridized carbons (Fsp3) is 0.238. The van der Waals surface area contributed by atoms with Crippen LogP contribution in [0.1, 0.15) is 9.67 Å². The van der Waals surface area contributed by atoms with Crippen LogP contribution in [0, 0.1) is 0 Å². The summed E-state index contributed by atoms with van der Waals surface area (Å²) in [6, 6.07) is 15.0. The van der Waals surface area contributed by atoms with Gasteiger partial charge < -0.3 is 19.7 Å². The van der Waals surface area contributed by atoms with Crippen LogP contribution in [0.5, 0.6) is 11.5 Å². The molecule has 0 fully saturated rings. The zero-order valence-corrected chi connectivity index (χ0v) is 17.3. The summed E-state index contributed by atoms with van der Waals surface area (Å²) in [5.41, 5.74) is 0. The number of rotatable bonds is 5. The molecule has 2 amide bonds. The Labute approximate surface area is 177 Å². The molecule has 1 atom stereocenters. The molecule has 0 radical (unpaired) electrons. The summed E-state index contributed by atoms with van der Waals surface area (Å²) in [4.78, 5) is 26.9. The van der Waals surface area contributed by atoms with Crippen molar-refractivity contribution in [2.75, 3.05) is 26.7 Å². The number of ether oxygens (including phenoxy) is 2. The Kier molecular flexibility index (Phi) is 5.60. The molecule has 1 N–H and O–H groups in total. The normalized spacial score (nSPS) is 15.2. The maximum absolute atomic E-state index is 12.5. The lowest BCUT2D eigenvalue weighted by molar-refractivity contribution is -0.130. The zero-order valence-electron chi connectivity index (χ0n) is 15.7. The van der Waals surface area contributed by atoms with E-state index < -0.39 is 0 Å². The van der Waals surface area contributed by atoms with Crippen LogP contribution in [0.25, 0.3) is 10.1 Å². The van der Waals surface area contributed by atoms with Crippen LogP contribution in [-0.2, 0) is 4.79 Å². The smallest absolute Gasteiger partial charge is 0.263 e. The van der Waals surface area contributed by atoms with Gasteiger partial charge in [0, 0.05) is 17.1 Å². The molecular formula is C21H19ClN2O4S. The molecule has 0 spiro atoms. The molecule has 0 bridgehead atoms. The maximum atomic E-state index is 12.5. The lowest BCUT2D eigenvalue weighted by Crippen LogP contribution is -2.45. The Morgan fingerprint density at radius 1 is 1.17 bits per heavy atom. The number of halogens is 1. The molecule has 8 heteroatoms. The van der Waals surface area contributed by atoms with E-state index in [1.165, 1.54) is 16.2 Å². The van der Waals surface area contributed by atoms with Gasteiger partial charge in [0.05, 0.1) is 18.1 Å². The number of amides is 2. The van der Waals surface area contributed by atoms with Crippen LogP contribution in [0.3, 0.4) is 0 Å². The number of thiophene rings is 1. The fourth-order valence-corrected chi connectivity index (χ4v) is 4.52. The van der Waals surface area contributed by atoms with Crippen molar-refractivity contribution in [3.8, 4) is 11.5 Å². The van der Waals surface area contributed by atoms with E-state index >= 15 is 0 Å². The van der Waals surface area contributed by atoms with Gasteiger partial charge in [0.1, 0.15) is 11.5 Å². The van der Waals surface area contributed by atoms with Gasteiger partial charge in [-0.1, -0.05) is 41.9 Å². The van der Waals surface area contributed by atoms with Gasteiger partial charge in [-0.05, 0) is 18.2 Å². The van der Waals surface area contributed by atoms with Gasteiger partial charge in [-0.2, -0.15) is 0 Å². The number of para-hydroxylation sites is 2. The Balaban J connectivity index is 1.32. The minimum atomic E-state index is -0.357. The predicted molar refractivity (Wildman–Crippen MR) is 113 cm³/mol. The Morgan fingerprint density at radius 3 is 2.69 bits per heavy atom. The number of nitrogens with one attached hydrogen (secondary N) is 1. The summed E-state index contributed by atoms with van der Waals surface area (Å²) in [5.74, 6) is 0.782. The van der Waals surface area contributed by atoms with Crippen molar-refractivity contribution >= 4 is 44.8 Å². The van der Waals surface area contributed by atoms with Gasteiger partial charge in [0.25, 0.3) is 5.91 Å². The Bertz CT molecular complexity index is 1070. The molecule has 4 rings (SSSR count). The minimum Gasteiger partial charge on any atom is -0.486 e. The standard InChI is InChI=1S/C21H19ClN2O4S/c1-24(11-13-12-27-15-7-3-4-8-16(15)28-13)18(25)10-23-21(26)20-19(22)14-6-2-5-9-17(14)29-20/h2-9,13H,10-12H2,1H3,(H,23,26). The fourth-order valence-electron chi connectivity index (χ4n) is 3.09. The van der Waals surface area contributed by atoms with Gasteiger partial charge in [0.2, 0.25) is 5.91 Å². The van der Waals surface area contributed by atoms with Crippen LogP contribution in [0.15, 0.2) is 48.5 Å². The number of carbonyl (C=O) groups excluding carboxylic acids is 2. The molecule has 3 aromatic rings. The first-order valence-corrected chi connectivity index (χ1v) is 10.3. The van der Waals surface area contributed by atoms with Gasteiger partial charge in [-0.25, -0.2) is 0 Å². The van der Waals surface area contributed by atoms with Gasteiger partial charge >= 0.3 is 0 Å². The largest absolute Gasteiger partial charge is 0.486 e. The van der Waals surface area contributed by atoms with E-state index in [4.69, 9.17) is 21.1 Å². The van der Waals surface area contributed by atoms with Crippen molar-refractivity contribution < 1.29 is 19.1 Å². The lowest BCUT2D eigenvalue weighted by Gasteiger charge is -2.29. The van der Waals surface area contributed by atoms with Crippen molar-refractivity contribution in [1.29, 1.82) is 0 Å². The molecule has 0 saturated carbocycles. The highest BCUT2D eigenvalue weighted by molar-refractivity contribution is 7.21. The minimum absolute atomic E-state index is 0.121. The summed E-state index contributed by atoms with van der Waals surface area (Å²) >= 11 is 7.63. The van der Waals surface area contributed by atoms with E-state index in [1.807, 2.05) is 48.5 Å². The highest BCUT2D eigenvalue weighted by Crippen LogP contribution is 2.35. The van der Waals surface area contributed by atoms with Crippen LogP contribution in [0.4, 0.5) is 0 Å². The Hall–Kier alpha value is -2.77. The molecule has 150 valence electrons. The first-order valence-electron chi connectivity index (χ1n) is 9.10. The third-order valence-corrected chi connectivity index (χ3v) is 6.29. The number of hydrogen-bond donors (Lipinski definition) is 1. The second-order valence-corrected chi connectivity index (χ2v) is 8.13.